The first-order chi connectivity index (χ1) is 14.1. The Kier molecular flexibility index (Phi) is 5.80. The van der Waals surface area contributed by atoms with E-state index in [4.69, 9.17) is 16.7 Å². The summed E-state index contributed by atoms with van der Waals surface area (Å²) in [5.74, 6) is -2.92. The number of phenolic OH excluding ortho intramolecular Hbond substituents is 1. The fourth-order valence-corrected chi connectivity index (χ4v) is 3.37. The van der Waals surface area contributed by atoms with Crippen molar-refractivity contribution in [2.75, 3.05) is 0 Å². The van der Waals surface area contributed by atoms with E-state index in [2.05, 4.69) is 5.32 Å². The number of nitrogens with one attached hydrogen (secondary N) is 1. The highest BCUT2D eigenvalue weighted by molar-refractivity contribution is 6.33. The Balaban J connectivity index is 2.12. The Morgan fingerprint density at radius 2 is 1.83 bits per heavy atom. The molecular weight excluding hydrogens is 415 g/mol. The number of aromatic hydroxyl groups is 1. The lowest BCUT2D eigenvalue weighted by Crippen LogP contribution is -2.39. The van der Waals surface area contributed by atoms with Crippen LogP contribution in [0.1, 0.15) is 28.5 Å². The third-order valence-electron chi connectivity index (χ3n) is 4.78. The molecule has 0 saturated carbocycles. The summed E-state index contributed by atoms with van der Waals surface area (Å²) in [5.41, 5.74) is 1.43. The predicted octanol–water partition coefficient (Wildman–Crippen LogP) is 3.27. The molecule has 3 N–H and O–H groups in total. The minimum Gasteiger partial charge on any atom is -0.506 e. The van der Waals surface area contributed by atoms with Crippen molar-refractivity contribution in [3.05, 3.63) is 64.1 Å². The summed E-state index contributed by atoms with van der Waals surface area (Å²) >= 11 is 6.03. The van der Waals surface area contributed by atoms with Crippen LogP contribution in [0.2, 0.25) is 5.02 Å². The van der Waals surface area contributed by atoms with Gasteiger partial charge in [-0.25, -0.2) is 4.39 Å². The first-order valence-electron chi connectivity index (χ1n) is 8.95. The average molecular weight is 433 g/mol. The number of hydrogen-bond donors (Lipinski definition) is 3. The molecule has 1 amide bonds. The van der Waals surface area contributed by atoms with Crippen molar-refractivity contribution >= 4 is 40.3 Å². The van der Waals surface area contributed by atoms with Crippen LogP contribution in [0.15, 0.2) is 36.4 Å². The smallest absolute Gasteiger partial charge is 0.325 e. The largest absolute Gasteiger partial charge is 0.506 e. The summed E-state index contributed by atoms with van der Waals surface area (Å²) in [6.45, 7) is 2.95. The maximum absolute atomic E-state index is 13.2. The number of carbonyl (C=O) groups excluding carboxylic acids is 2. The molecule has 1 unspecified atom stereocenters. The van der Waals surface area contributed by atoms with Crippen molar-refractivity contribution < 1.29 is 29.0 Å². The third kappa shape index (κ3) is 3.99. The molecule has 1 atom stereocenters. The molecule has 0 bridgehead atoms. The summed E-state index contributed by atoms with van der Waals surface area (Å²) in [4.78, 5) is 36.5. The lowest BCUT2D eigenvalue weighted by Gasteiger charge is -2.10. The monoisotopic (exact) mass is 432 g/mol. The molecule has 3 rings (SSSR count). The van der Waals surface area contributed by atoms with Gasteiger partial charge >= 0.3 is 5.97 Å². The molecule has 30 heavy (non-hydrogen) atoms. The molecule has 0 fully saturated rings. The second kappa shape index (κ2) is 8.16. The van der Waals surface area contributed by atoms with Gasteiger partial charge in [0.05, 0.1) is 17.0 Å². The summed E-state index contributed by atoms with van der Waals surface area (Å²) in [5, 5.41) is 21.8. The van der Waals surface area contributed by atoms with Crippen molar-refractivity contribution in [3.63, 3.8) is 0 Å². The fraction of sp³-hybridized carbons (Fsp3) is 0.190. The molecule has 1 aromatic heterocycles. The maximum atomic E-state index is 13.2. The molecule has 0 aliphatic rings. The average Bonchev–Trinajstić information content (AvgIpc) is 2.93. The van der Waals surface area contributed by atoms with E-state index >= 15 is 0 Å². The summed E-state index contributed by atoms with van der Waals surface area (Å²) in [7, 11) is 0. The molecule has 156 valence electrons. The van der Waals surface area contributed by atoms with Crippen LogP contribution in [-0.4, -0.2) is 38.6 Å². The topological polar surface area (TPSA) is 109 Å². The Bertz CT molecular complexity index is 1170. The van der Waals surface area contributed by atoms with Crippen molar-refractivity contribution in [2.45, 2.75) is 26.3 Å². The normalized spacial score (nSPS) is 12.0. The second-order valence-electron chi connectivity index (χ2n) is 6.84. The number of fused-ring (bicyclic) bond motifs is 1. The Hall–Kier alpha value is -3.39. The van der Waals surface area contributed by atoms with Gasteiger partial charge in [-0.15, -0.1) is 0 Å². The van der Waals surface area contributed by atoms with Crippen molar-refractivity contribution in [1.29, 1.82) is 0 Å². The van der Waals surface area contributed by atoms with Crippen LogP contribution < -0.4 is 5.32 Å². The number of carbonyl (C=O) groups is 3. The molecule has 0 saturated heterocycles. The molecule has 0 aliphatic heterocycles. The first-order valence-corrected chi connectivity index (χ1v) is 9.32. The maximum Gasteiger partial charge on any atom is 0.325 e. The Morgan fingerprint density at radius 3 is 2.43 bits per heavy atom. The van der Waals surface area contributed by atoms with E-state index in [-0.39, 0.29) is 22.8 Å². The minimum atomic E-state index is -1.18. The summed E-state index contributed by atoms with van der Waals surface area (Å²) in [6, 6.07) is 6.67. The van der Waals surface area contributed by atoms with Gasteiger partial charge in [0, 0.05) is 16.6 Å². The van der Waals surface area contributed by atoms with Crippen molar-refractivity contribution in [3.8, 4) is 5.75 Å². The minimum absolute atomic E-state index is 0.0173. The molecule has 0 aliphatic carbocycles. The van der Waals surface area contributed by atoms with E-state index in [1.807, 2.05) is 0 Å². The number of aromatic nitrogens is 1. The first kappa shape index (κ1) is 21.3. The lowest BCUT2D eigenvalue weighted by atomic mass is 10.1. The summed E-state index contributed by atoms with van der Waals surface area (Å²) < 4.78 is 14.6. The van der Waals surface area contributed by atoms with E-state index in [1.165, 1.54) is 35.8 Å². The van der Waals surface area contributed by atoms with E-state index in [0.717, 1.165) is 12.1 Å². The van der Waals surface area contributed by atoms with Crippen LogP contribution >= 0.6 is 11.6 Å². The van der Waals surface area contributed by atoms with Gasteiger partial charge in [0.2, 0.25) is 5.91 Å². The third-order valence-corrected chi connectivity index (χ3v) is 5.09. The number of carboxylic acid groups (broad SMARTS) is 1. The van der Waals surface area contributed by atoms with Crippen LogP contribution in [0.4, 0.5) is 4.39 Å². The number of phenols is 1. The predicted molar refractivity (Wildman–Crippen MR) is 108 cm³/mol. The Morgan fingerprint density at radius 1 is 1.20 bits per heavy atom. The molecule has 0 radical (unpaired) electrons. The zero-order valence-electron chi connectivity index (χ0n) is 16.1. The summed E-state index contributed by atoms with van der Waals surface area (Å²) in [6.07, 6.45) is -0.218. The van der Waals surface area contributed by atoms with Crippen molar-refractivity contribution in [1.82, 2.24) is 9.88 Å². The highest BCUT2D eigenvalue weighted by Gasteiger charge is 2.24. The fourth-order valence-electron chi connectivity index (χ4n) is 3.21. The van der Waals surface area contributed by atoms with Gasteiger partial charge in [-0.2, -0.15) is 0 Å². The van der Waals surface area contributed by atoms with Crippen molar-refractivity contribution in [2.24, 2.45) is 0 Å². The molecule has 7 nitrogen and oxygen atoms in total. The van der Waals surface area contributed by atoms with E-state index in [9.17, 15) is 23.9 Å². The van der Waals surface area contributed by atoms with Gasteiger partial charge < -0.3 is 15.5 Å². The standard InChI is InChI=1S/C21H18ClFN2O5/c1-10(21(29)30)24-19(27)8-14-11(2)25(17-9-16(22)18(26)7-15(14)17)20(28)12-3-5-13(23)6-4-12/h3-7,9-10,26H,8H2,1-2H3,(H,24,27)(H,29,30). The lowest BCUT2D eigenvalue weighted by molar-refractivity contribution is -0.141. The van der Waals surface area contributed by atoms with Gasteiger partial charge in [0.1, 0.15) is 17.6 Å². The molecular formula is C21H18ClFN2O5. The SMILES string of the molecule is Cc1c(CC(=O)NC(C)C(=O)O)c2cc(O)c(Cl)cc2n1C(=O)c1ccc(F)cc1. The molecule has 1 heterocycles. The molecule has 9 heteroatoms. The molecule has 0 spiro atoms. The number of nitrogens with zero attached hydrogens (tertiary/aromatic N) is 1. The van der Waals surface area contributed by atoms with Crippen LogP contribution in [0.25, 0.3) is 10.9 Å². The van der Waals surface area contributed by atoms with Gasteiger partial charge in [0.15, 0.2) is 0 Å². The highest BCUT2D eigenvalue weighted by atomic mass is 35.5. The quantitative estimate of drug-likeness (QED) is 0.573. The van der Waals surface area contributed by atoms with E-state index in [0.29, 0.717) is 22.2 Å². The zero-order chi connectivity index (χ0) is 22.2. The van der Waals surface area contributed by atoms with E-state index in [1.54, 1.807) is 6.92 Å². The number of halogens is 2. The van der Waals surface area contributed by atoms with Crippen LogP contribution in [0, 0.1) is 12.7 Å². The number of benzene rings is 2. The van der Waals surface area contributed by atoms with Gasteiger partial charge in [-0.1, -0.05) is 11.6 Å². The van der Waals surface area contributed by atoms with Gasteiger partial charge in [-0.05, 0) is 55.8 Å². The number of aliphatic carboxylic acids is 1. The highest BCUT2D eigenvalue weighted by Crippen LogP contribution is 2.35. The number of carboxylic acids is 1. The van der Waals surface area contributed by atoms with Crippen LogP contribution in [0.5, 0.6) is 5.75 Å². The Labute approximate surface area is 175 Å². The zero-order valence-corrected chi connectivity index (χ0v) is 16.8. The van der Waals surface area contributed by atoms with Gasteiger partial charge in [0.25, 0.3) is 5.91 Å². The molecule has 2 aromatic carbocycles. The number of hydrogen-bond acceptors (Lipinski definition) is 4. The van der Waals surface area contributed by atoms with Crippen LogP contribution in [-0.2, 0) is 16.0 Å². The second-order valence-corrected chi connectivity index (χ2v) is 7.24. The van der Waals surface area contributed by atoms with Crippen LogP contribution in [0.3, 0.4) is 0 Å². The molecule has 3 aromatic rings. The van der Waals surface area contributed by atoms with E-state index < -0.39 is 29.6 Å². The number of rotatable bonds is 5. The number of amides is 1. The van der Waals surface area contributed by atoms with Gasteiger partial charge in [-0.3, -0.25) is 19.0 Å².